The fourth-order valence-electron chi connectivity index (χ4n) is 3.30. The smallest absolute Gasteiger partial charge is 0.253 e. The molecule has 1 aliphatic rings. The van der Waals surface area contributed by atoms with E-state index in [0.29, 0.717) is 23.8 Å². The van der Waals surface area contributed by atoms with Crippen LogP contribution in [0.1, 0.15) is 44.0 Å². The number of likely N-dealkylation sites (N-methyl/N-ethyl adjacent to an activating group) is 1. The Morgan fingerprint density at radius 3 is 2.41 bits per heavy atom. The fourth-order valence-corrected chi connectivity index (χ4v) is 3.30. The first-order chi connectivity index (χ1) is 13.0. The molecule has 3 rings (SSSR count). The van der Waals surface area contributed by atoms with Gasteiger partial charge in [0.2, 0.25) is 5.91 Å². The number of amides is 2. The summed E-state index contributed by atoms with van der Waals surface area (Å²) in [4.78, 5) is 27.4. The van der Waals surface area contributed by atoms with Crippen molar-refractivity contribution in [1.82, 2.24) is 10.2 Å². The molecule has 0 atom stereocenters. The topological polar surface area (TPSA) is 61.4 Å². The van der Waals surface area contributed by atoms with Gasteiger partial charge in [-0.1, -0.05) is 31.2 Å². The Morgan fingerprint density at radius 1 is 1.15 bits per heavy atom. The van der Waals surface area contributed by atoms with Gasteiger partial charge in [0, 0.05) is 25.0 Å². The number of nitrogens with one attached hydrogen (secondary N) is 2. The minimum Gasteiger partial charge on any atom is -0.351 e. The molecule has 2 amide bonds. The molecular weight excluding hydrogens is 338 g/mol. The monoisotopic (exact) mass is 367 g/mol. The number of carbonyl (C=O) groups excluding carboxylic acids is 2. The van der Waals surface area contributed by atoms with Crippen molar-refractivity contribution in [3.05, 3.63) is 42.0 Å². The number of carbonyl (C=O) groups is 2. The SMILES string of the molecule is CCN(CCNC(=O)c1cc2ccccc2cc1NC(=O)C1CC1)C(C)C. The molecule has 0 bridgehead atoms. The van der Waals surface area contributed by atoms with E-state index in [1.54, 1.807) is 0 Å². The van der Waals surface area contributed by atoms with Gasteiger partial charge in [0.25, 0.3) is 5.91 Å². The molecule has 0 unspecified atom stereocenters. The largest absolute Gasteiger partial charge is 0.351 e. The summed E-state index contributed by atoms with van der Waals surface area (Å²) < 4.78 is 0. The van der Waals surface area contributed by atoms with E-state index in [1.165, 1.54) is 0 Å². The summed E-state index contributed by atoms with van der Waals surface area (Å²) >= 11 is 0. The molecule has 1 fully saturated rings. The van der Waals surface area contributed by atoms with Crippen LogP contribution >= 0.6 is 0 Å². The second-order valence-corrected chi connectivity index (χ2v) is 7.49. The number of hydrogen-bond donors (Lipinski definition) is 2. The van der Waals surface area contributed by atoms with Gasteiger partial charge in [0.1, 0.15) is 0 Å². The first-order valence-corrected chi connectivity index (χ1v) is 9.85. The number of fused-ring (bicyclic) bond motifs is 1. The maximum absolute atomic E-state index is 12.8. The first kappa shape index (κ1) is 19.4. The average Bonchev–Trinajstić information content (AvgIpc) is 3.49. The van der Waals surface area contributed by atoms with Crippen molar-refractivity contribution >= 4 is 28.3 Å². The molecule has 144 valence electrons. The second-order valence-electron chi connectivity index (χ2n) is 7.49. The maximum Gasteiger partial charge on any atom is 0.253 e. The Kier molecular flexibility index (Phi) is 6.11. The minimum absolute atomic E-state index is 0.0105. The van der Waals surface area contributed by atoms with E-state index in [-0.39, 0.29) is 17.7 Å². The van der Waals surface area contributed by atoms with Crippen LogP contribution in [0.25, 0.3) is 10.8 Å². The lowest BCUT2D eigenvalue weighted by atomic mass is 10.0. The zero-order chi connectivity index (χ0) is 19.4. The molecule has 5 heteroatoms. The summed E-state index contributed by atoms with van der Waals surface area (Å²) in [7, 11) is 0. The lowest BCUT2D eigenvalue weighted by molar-refractivity contribution is -0.117. The molecule has 0 saturated heterocycles. The number of nitrogens with zero attached hydrogens (tertiary/aromatic N) is 1. The Balaban J connectivity index is 1.77. The highest BCUT2D eigenvalue weighted by Crippen LogP contribution is 2.31. The first-order valence-electron chi connectivity index (χ1n) is 9.85. The van der Waals surface area contributed by atoms with Crippen LogP contribution < -0.4 is 10.6 Å². The number of anilines is 1. The van der Waals surface area contributed by atoms with Crippen molar-refractivity contribution in [2.45, 2.75) is 39.7 Å². The molecule has 1 saturated carbocycles. The van der Waals surface area contributed by atoms with Crippen molar-refractivity contribution in [2.24, 2.45) is 5.92 Å². The summed E-state index contributed by atoms with van der Waals surface area (Å²) in [5.41, 5.74) is 1.12. The van der Waals surface area contributed by atoms with Gasteiger partial charge in [-0.3, -0.25) is 14.5 Å². The molecule has 0 aliphatic heterocycles. The van der Waals surface area contributed by atoms with Crippen LogP contribution in [0.2, 0.25) is 0 Å². The minimum atomic E-state index is -0.147. The average molecular weight is 367 g/mol. The van der Waals surface area contributed by atoms with E-state index in [0.717, 1.165) is 36.7 Å². The Labute approximate surface area is 161 Å². The van der Waals surface area contributed by atoms with Crippen LogP contribution in [-0.2, 0) is 4.79 Å². The van der Waals surface area contributed by atoms with Gasteiger partial charge in [0.05, 0.1) is 11.3 Å². The summed E-state index contributed by atoms with van der Waals surface area (Å²) in [6, 6.07) is 12.1. The van der Waals surface area contributed by atoms with E-state index in [1.807, 2.05) is 36.4 Å². The van der Waals surface area contributed by atoms with Crippen molar-refractivity contribution < 1.29 is 9.59 Å². The van der Waals surface area contributed by atoms with Crippen LogP contribution in [0.15, 0.2) is 36.4 Å². The zero-order valence-corrected chi connectivity index (χ0v) is 16.4. The van der Waals surface area contributed by atoms with Gasteiger partial charge in [-0.15, -0.1) is 0 Å². The third-order valence-electron chi connectivity index (χ3n) is 5.16. The third-order valence-corrected chi connectivity index (χ3v) is 5.16. The predicted octanol–water partition coefficient (Wildman–Crippen LogP) is 3.65. The summed E-state index contributed by atoms with van der Waals surface area (Å²) in [6.07, 6.45) is 1.87. The van der Waals surface area contributed by atoms with Crippen molar-refractivity contribution in [1.29, 1.82) is 0 Å². The summed E-state index contributed by atoms with van der Waals surface area (Å²) in [5.74, 6) is -0.0421. The molecule has 2 aromatic carbocycles. The Hall–Kier alpha value is -2.40. The van der Waals surface area contributed by atoms with E-state index in [4.69, 9.17) is 0 Å². The summed E-state index contributed by atoms with van der Waals surface area (Å²) in [5, 5.41) is 7.98. The standard InChI is InChI=1S/C22H29N3O2/c1-4-25(15(2)3)12-11-23-22(27)19-13-17-7-5-6-8-18(17)14-20(19)24-21(26)16-9-10-16/h5-8,13-16H,4,9-12H2,1-3H3,(H,23,27)(H,24,26). The van der Waals surface area contributed by atoms with E-state index in [2.05, 4.69) is 36.3 Å². The third kappa shape index (κ3) is 4.86. The fraction of sp³-hybridized carbons (Fsp3) is 0.455. The highest BCUT2D eigenvalue weighted by molar-refractivity contribution is 6.08. The number of benzene rings is 2. The Morgan fingerprint density at radius 2 is 1.81 bits per heavy atom. The lowest BCUT2D eigenvalue weighted by Gasteiger charge is -2.24. The highest BCUT2D eigenvalue weighted by Gasteiger charge is 2.30. The number of rotatable bonds is 8. The lowest BCUT2D eigenvalue weighted by Crippen LogP contribution is -2.38. The molecule has 0 spiro atoms. The molecule has 0 heterocycles. The zero-order valence-electron chi connectivity index (χ0n) is 16.4. The van der Waals surface area contributed by atoms with Crippen molar-refractivity contribution in [3.63, 3.8) is 0 Å². The van der Waals surface area contributed by atoms with Crippen LogP contribution in [0.4, 0.5) is 5.69 Å². The highest BCUT2D eigenvalue weighted by atomic mass is 16.2. The normalized spacial score (nSPS) is 14.0. The van der Waals surface area contributed by atoms with Gasteiger partial charge in [-0.2, -0.15) is 0 Å². The van der Waals surface area contributed by atoms with Crippen molar-refractivity contribution in [2.75, 3.05) is 25.0 Å². The molecule has 0 radical (unpaired) electrons. The predicted molar refractivity (Wildman–Crippen MR) is 110 cm³/mol. The molecule has 5 nitrogen and oxygen atoms in total. The quantitative estimate of drug-likeness (QED) is 0.749. The van der Waals surface area contributed by atoms with Crippen LogP contribution in [-0.4, -0.2) is 42.4 Å². The van der Waals surface area contributed by atoms with E-state index >= 15 is 0 Å². The Bertz CT molecular complexity index is 827. The molecular formula is C22H29N3O2. The van der Waals surface area contributed by atoms with Crippen LogP contribution in [0.3, 0.4) is 0 Å². The molecule has 2 aromatic rings. The van der Waals surface area contributed by atoms with Crippen LogP contribution in [0.5, 0.6) is 0 Å². The van der Waals surface area contributed by atoms with Gasteiger partial charge in [0.15, 0.2) is 0 Å². The van der Waals surface area contributed by atoms with Crippen LogP contribution in [0, 0.1) is 5.92 Å². The summed E-state index contributed by atoms with van der Waals surface area (Å²) in [6.45, 7) is 8.76. The van der Waals surface area contributed by atoms with E-state index < -0.39 is 0 Å². The second kappa shape index (κ2) is 8.53. The molecule has 1 aliphatic carbocycles. The van der Waals surface area contributed by atoms with Crippen molar-refractivity contribution in [3.8, 4) is 0 Å². The van der Waals surface area contributed by atoms with Gasteiger partial charge in [-0.05, 0) is 56.1 Å². The molecule has 27 heavy (non-hydrogen) atoms. The molecule has 2 N–H and O–H groups in total. The van der Waals surface area contributed by atoms with E-state index in [9.17, 15) is 9.59 Å². The number of hydrogen-bond acceptors (Lipinski definition) is 3. The van der Waals surface area contributed by atoms with Gasteiger partial charge in [-0.25, -0.2) is 0 Å². The van der Waals surface area contributed by atoms with Gasteiger partial charge >= 0.3 is 0 Å². The van der Waals surface area contributed by atoms with Gasteiger partial charge < -0.3 is 10.6 Å². The maximum atomic E-state index is 12.8. The molecule has 0 aromatic heterocycles.